The highest BCUT2D eigenvalue weighted by molar-refractivity contribution is 8.27. The number of carbonyl (C=O) groups excluding carboxylic acids is 1. The molecular weight excluding hydrogens is 316 g/mol. The molecule has 22 heavy (non-hydrogen) atoms. The van der Waals surface area contributed by atoms with E-state index in [9.17, 15) is 4.79 Å². The predicted octanol–water partition coefficient (Wildman–Crippen LogP) is 3.50. The number of hydrogen-bond acceptors (Lipinski definition) is 5. The molecule has 1 aromatic heterocycles. The molecule has 0 saturated carbocycles. The van der Waals surface area contributed by atoms with Crippen molar-refractivity contribution in [2.24, 2.45) is 0 Å². The maximum absolute atomic E-state index is 12.5. The Labute approximate surface area is 137 Å². The lowest BCUT2D eigenvalue weighted by atomic mass is 10.2. The van der Waals surface area contributed by atoms with E-state index in [2.05, 4.69) is 4.98 Å². The first kappa shape index (κ1) is 14.7. The molecule has 0 radical (unpaired) electrons. The average Bonchev–Trinajstić information content (AvgIpc) is 2.83. The van der Waals surface area contributed by atoms with E-state index in [-0.39, 0.29) is 5.91 Å². The first-order valence-electron chi connectivity index (χ1n) is 6.51. The number of pyridine rings is 1. The number of methoxy groups -OCH3 is 1. The van der Waals surface area contributed by atoms with Gasteiger partial charge in [0.05, 0.1) is 23.9 Å². The van der Waals surface area contributed by atoms with E-state index in [1.807, 2.05) is 36.4 Å². The van der Waals surface area contributed by atoms with Gasteiger partial charge < -0.3 is 4.74 Å². The summed E-state index contributed by atoms with van der Waals surface area (Å²) in [6, 6.07) is 11.1. The Balaban J connectivity index is 1.88. The van der Waals surface area contributed by atoms with Gasteiger partial charge in [-0.2, -0.15) is 0 Å². The van der Waals surface area contributed by atoms with Crippen LogP contribution < -0.4 is 9.64 Å². The number of ether oxygens (including phenoxy) is 1. The summed E-state index contributed by atoms with van der Waals surface area (Å²) in [5, 5.41) is 0. The molecule has 6 heteroatoms. The van der Waals surface area contributed by atoms with E-state index in [0.717, 1.165) is 11.3 Å². The molecule has 0 unspecified atom stereocenters. The number of thioether (sulfide) groups is 1. The smallest absolute Gasteiger partial charge is 0.270 e. The maximum Gasteiger partial charge on any atom is 0.270 e. The second kappa shape index (κ2) is 6.29. The van der Waals surface area contributed by atoms with E-state index in [4.69, 9.17) is 17.0 Å². The van der Waals surface area contributed by atoms with Crippen molar-refractivity contribution in [3.05, 3.63) is 59.3 Å². The van der Waals surface area contributed by atoms with Gasteiger partial charge in [0.15, 0.2) is 4.32 Å². The van der Waals surface area contributed by atoms with E-state index >= 15 is 0 Å². The molecule has 4 nitrogen and oxygen atoms in total. The van der Waals surface area contributed by atoms with E-state index in [0.29, 0.717) is 14.9 Å². The molecule has 1 fully saturated rings. The second-order valence-electron chi connectivity index (χ2n) is 4.50. The van der Waals surface area contributed by atoms with Gasteiger partial charge in [-0.1, -0.05) is 36.1 Å². The maximum atomic E-state index is 12.5. The number of amides is 1. The molecule has 3 rings (SSSR count). The molecule has 1 aromatic carbocycles. The normalized spacial score (nSPS) is 16.4. The van der Waals surface area contributed by atoms with Gasteiger partial charge in [0, 0.05) is 6.20 Å². The molecular formula is C16H12N2O2S2. The highest BCUT2D eigenvalue weighted by atomic mass is 32.2. The Morgan fingerprint density at radius 1 is 1.27 bits per heavy atom. The molecule has 0 N–H and O–H groups in total. The molecule has 0 atom stereocenters. The van der Waals surface area contributed by atoms with Gasteiger partial charge >= 0.3 is 0 Å². The number of benzene rings is 1. The first-order chi connectivity index (χ1) is 10.7. The van der Waals surface area contributed by atoms with Gasteiger partial charge in [-0.05, 0) is 35.9 Å². The van der Waals surface area contributed by atoms with Crippen molar-refractivity contribution in [2.45, 2.75) is 0 Å². The number of hydrogen-bond donors (Lipinski definition) is 0. The van der Waals surface area contributed by atoms with Crippen molar-refractivity contribution in [1.29, 1.82) is 0 Å². The van der Waals surface area contributed by atoms with Crippen molar-refractivity contribution in [1.82, 2.24) is 4.98 Å². The molecule has 1 aliphatic heterocycles. The lowest BCUT2D eigenvalue weighted by molar-refractivity contribution is -0.113. The summed E-state index contributed by atoms with van der Waals surface area (Å²) in [6.07, 6.45) is 5.12. The predicted molar refractivity (Wildman–Crippen MR) is 92.9 cm³/mol. The first-order valence-corrected chi connectivity index (χ1v) is 7.73. The highest BCUT2D eigenvalue weighted by Crippen LogP contribution is 2.35. The van der Waals surface area contributed by atoms with Crippen molar-refractivity contribution in [3.63, 3.8) is 0 Å². The summed E-state index contributed by atoms with van der Waals surface area (Å²) in [4.78, 5) is 18.7. The second-order valence-corrected chi connectivity index (χ2v) is 6.18. The lowest BCUT2D eigenvalue weighted by Gasteiger charge is -2.13. The number of rotatable bonds is 3. The molecule has 110 valence electrons. The summed E-state index contributed by atoms with van der Waals surface area (Å²) in [6.45, 7) is 0. The van der Waals surface area contributed by atoms with Gasteiger partial charge in [0.2, 0.25) is 0 Å². The minimum absolute atomic E-state index is 0.126. The van der Waals surface area contributed by atoms with Crippen molar-refractivity contribution in [3.8, 4) is 5.75 Å². The SMILES string of the molecule is COc1ccc(/C=C2/SC(=S)N(c3cccnc3)C2=O)cc1. The van der Waals surface area contributed by atoms with Crippen LogP contribution in [0.3, 0.4) is 0 Å². The van der Waals surface area contributed by atoms with Gasteiger partial charge in [0.1, 0.15) is 5.75 Å². The van der Waals surface area contributed by atoms with Crippen molar-refractivity contribution in [2.75, 3.05) is 12.0 Å². The van der Waals surface area contributed by atoms with Crippen molar-refractivity contribution >= 4 is 46.0 Å². The Hall–Kier alpha value is -2.18. The summed E-state index contributed by atoms with van der Waals surface area (Å²) in [7, 11) is 1.62. The minimum Gasteiger partial charge on any atom is -0.497 e. The molecule has 0 aliphatic carbocycles. The third kappa shape index (κ3) is 2.88. The van der Waals surface area contributed by atoms with Crippen LogP contribution >= 0.6 is 24.0 Å². The van der Waals surface area contributed by atoms with Gasteiger partial charge in [-0.25, -0.2) is 0 Å². The van der Waals surface area contributed by atoms with Crippen LogP contribution in [0.4, 0.5) is 5.69 Å². The number of nitrogens with zero attached hydrogens (tertiary/aromatic N) is 2. The summed E-state index contributed by atoms with van der Waals surface area (Å²) in [5.74, 6) is 0.652. The molecule has 0 spiro atoms. The van der Waals surface area contributed by atoms with Gasteiger partial charge in [-0.3, -0.25) is 14.7 Å². The zero-order valence-corrected chi connectivity index (χ0v) is 13.4. The topological polar surface area (TPSA) is 42.4 Å². The van der Waals surface area contributed by atoms with Crippen LogP contribution in [0.15, 0.2) is 53.7 Å². The van der Waals surface area contributed by atoms with Gasteiger partial charge in [-0.15, -0.1) is 0 Å². The minimum atomic E-state index is -0.126. The average molecular weight is 328 g/mol. The largest absolute Gasteiger partial charge is 0.497 e. The Kier molecular flexibility index (Phi) is 4.22. The molecule has 0 bridgehead atoms. The fourth-order valence-electron chi connectivity index (χ4n) is 2.03. The van der Waals surface area contributed by atoms with Crippen LogP contribution in [0.1, 0.15) is 5.56 Å². The number of anilines is 1. The molecule has 2 heterocycles. The zero-order chi connectivity index (χ0) is 15.5. The molecule has 1 amide bonds. The van der Waals surface area contributed by atoms with Gasteiger partial charge in [0.25, 0.3) is 5.91 Å². The molecule has 1 saturated heterocycles. The van der Waals surface area contributed by atoms with Crippen LogP contribution in [-0.2, 0) is 4.79 Å². The Morgan fingerprint density at radius 3 is 2.68 bits per heavy atom. The Morgan fingerprint density at radius 2 is 2.05 bits per heavy atom. The number of thiocarbonyl (C=S) groups is 1. The van der Waals surface area contributed by atoms with Crippen LogP contribution in [0, 0.1) is 0 Å². The number of carbonyl (C=O) groups is 1. The van der Waals surface area contributed by atoms with E-state index < -0.39 is 0 Å². The fraction of sp³-hybridized carbons (Fsp3) is 0.0625. The van der Waals surface area contributed by atoms with Crippen LogP contribution in [0.5, 0.6) is 5.75 Å². The van der Waals surface area contributed by atoms with E-state index in [1.54, 1.807) is 25.6 Å². The number of aromatic nitrogens is 1. The Bertz CT molecular complexity index is 743. The van der Waals surface area contributed by atoms with Crippen LogP contribution in [0.25, 0.3) is 6.08 Å². The summed E-state index contributed by atoms with van der Waals surface area (Å²) >= 11 is 6.60. The standard InChI is InChI=1S/C16H12N2O2S2/c1-20-13-6-4-11(5-7-13)9-14-15(19)18(16(21)22-14)12-3-2-8-17-10-12/h2-10H,1H3/b14-9+. The molecule has 2 aromatic rings. The third-order valence-electron chi connectivity index (χ3n) is 3.11. The quantitative estimate of drug-likeness (QED) is 0.637. The van der Waals surface area contributed by atoms with E-state index in [1.165, 1.54) is 16.7 Å². The summed E-state index contributed by atoms with van der Waals surface area (Å²) < 4.78 is 5.64. The summed E-state index contributed by atoms with van der Waals surface area (Å²) in [5.41, 5.74) is 1.61. The fourth-order valence-corrected chi connectivity index (χ4v) is 3.33. The van der Waals surface area contributed by atoms with Crippen molar-refractivity contribution < 1.29 is 9.53 Å². The monoisotopic (exact) mass is 328 g/mol. The lowest BCUT2D eigenvalue weighted by Crippen LogP contribution is -2.27. The third-order valence-corrected chi connectivity index (χ3v) is 4.41. The van der Waals surface area contributed by atoms with Crippen LogP contribution in [0.2, 0.25) is 0 Å². The zero-order valence-electron chi connectivity index (χ0n) is 11.7. The van der Waals surface area contributed by atoms with Crippen LogP contribution in [-0.4, -0.2) is 22.3 Å². The molecule has 1 aliphatic rings. The highest BCUT2D eigenvalue weighted by Gasteiger charge is 2.33.